The van der Waals surface area contributed by atoms with Crippen LogP contribution in [0.25, 0.3) is 0 Å². The van der Waals surface area contributed by atoms with Gasteiger partial charge in [-0.25, -0.2) is 0 Å². The van der Waals surface area contributed by atoms with Gasteiger partial charge in [0.15, 0.2) is 0 Å². The highest BCUT2D eigenvalue weighted by Gasteiger charge is 2.47. The van der Waals surface area contributed by atoms with Gasteiger partial charge in [-0.05, 0) is 31.8 Å². The monoisotopic (exact) mass is 169 g/mol. The summed E-state index contributed by atoms with van der Waals surface area (Å²) < 4.78 is 5.54. The fraction of sp³-hybridized carbons (Fsp3) is 1.00. The molecule has 1 unspecified atom stereocenters. The van der Waals surface area contributed by atoms with Gasteiger partial charge in [0.05, 0.1) is 6.61 Å². The molecule has 0 bridgehead atoms. The van der Waals surface area contributed by atoms with Gasteiger partial charge in [0.2, 0.25) is 0 Å². The Balaban J connectivity index is 2.17. The topological polar surface area (TPSA) is 12.5 Å². The number of hydrogen-bond acceptors (Lipinski definition) is 2. The van der Waals surface area contributed by atoms with Gasteiger partial charge >= 0.3 is 0 Å². The van der Waals surface area contributed by atoms with Gasteiger partial charge in [0.1, 0.15) is 0 Å². The zero-order valence-electron chi connectivity index (χ0n) is 8.18. The third-order valence-electron chi connectivity index (χ3n) is 3.79. The Morgan fingerprint density at radius 3 is 3.00 bits per heavy atom. The van der Waals surface area contributed by atoms with Crippen LogP contribution in [0, 0.1) is 5.92 Å². The molecule has 2 nitrogen and oxygen atoms in total. The van der Waals surface area contributed by atoms with Gasteiger partial charge < -0.3 is 4.74 Å². The maximum absolute atomic E-state index is 5.54. The molecule has 0 radical (unpaired) electrons. The summed E-state index contributed by atoms with van der Waals surface area (Å²) in [6.45, 7) is 9.06. The van der Waals surface area contributed by atoms with E-state index in [1.54, 1.807) is 0 Å². The van der Waals surface area contributed by atoms with Crippen molar-refractivity contribution >= 4 is 0 Å². The molecule has 2 heteroatoms. The van der Waals surface area contributed by atoms with Gasteiger partial charge in [-0.15, -0.1) is 0 Å². The lowest BCUT2D eigenvalue weighted by molar-refractivity contribution is 0.0827. The third-order valence-corrected chi connectivity index (χ3v) is 3.79. The van der Waals surface area contributed by atoms with Gasteiger partial charge in [-0.3, -0.25) is 4.90 Å². The van der Waals surface area contributed by atoms with Crippen LogP contribution in [0.1, 0.15) is 26.7 Å². The molecule has 2 aliphatic heterocycles. The average Bonchev–Trinajstić information content (AvgIpc) is 2.65. The standard InChI is InChI=1S/C10H19NO/c1-3-11-6-4-9(2)10(11)5-7-12-8-10/h9H,3-8H2,1-2H3/t9-,10?/m1/s1. The maximum atomic E-state index is 5.54. The Kier molecular flexibility index (Phi) is 2.13. The zero-order chi connectivity index (χ0) is 8.60. The van der Waals surface area contributed by atoms with Crippen molar-refractivity contribution in [2.24, 2.45) is 5.92 Å². The highest BCUT2D eigenvalue weighted by Crippen LogP contribution is 2.40. The Morgan fingerprint density at radius 1 is 1.58 bits per heavy atom. The lowest BCUT2D eigenvalue weighted by atomic mass is 9.85. The number of likely N-dealkylation sites (N-methyl/N-ethyl adjacent to an activating group) is 1. The van der Waals surface area contributed by atoms with E-state index >= 15 is 0 Å². The zero-order valence-corrected chi connectivity index (χ0v) is 8.18. The molecule has 2 aliphatic rings. The third kappa shape index (κ3) is 1.01. The van der Waals surface area contributed by atoms with Crippen LogP contribution in [0.15, 0.2) is 0 Å². The van der Waals surface area contributed by atoms with E-state index in [9.17, 15) is 0 Å². The van der Waals surface area contributed by atoms with Crippen molar-refractivity contribution in [1.82, 2.24) is 4.90 Å². The first kappa shape index (κ1) is 8.52. The smallest absolute Gasteiger partial charge is 0.0653 e. The lowest BCUT2D eigenvalue weighted by Gasteiger charge is -2.36. The Hall–Kier alpha value is -0.0800. The molecule has 2 fully saturated rings. The van der Waals surface area contributed by atoms with Crippen molar-refractivity contribution in [1.29, 1.82) is 0 Å². The first-order chi connectivity index (χ1) is 5.79. The number of nitrogens with zero attached hydrogens (tertiary/aromatic N) is 1. The molecule has 0 saturated carbocycles. The quantitative estimate of drug-likeness (QED) is 0.590. The van der Waals surface area contributed by atoms with E-state index in [1.807, 2.05) is 0 Å². The van der Waals surface area contributed by atoms with E-state index in [1.165, 1.54) is 25.9 Å². The molecule has 1 spiro atoms. The molecule has 2 saturated heterocycles. The summed E-state index contributed by atoms with van der Waals surface area (Å²) >= 11 is 0. The lowest BCUT2D eigenvalue weighted by Crippen LogP contribution is -2.47. The van der Waals surface area contributed by atoms with Crippen LogP contribution in [0.2, 0.25) is 0 Å². The minimum atomic E-state index is 0.425. The van der Waals surface area contributed by atoms with Gasteiger partial charge in [-0.1, -0.05) is 13.8 Å². The molecular formula is C10H19NO. The van der Waals surface area contributed by atoms with Gasteiger partial charge in [0.25, 0.3) is 0 Å². The van der Waals surface area contributed by atoms with Crippen LogP contribution in [-0.2, 0) is 4.74 Å². The minimum absolute atomic E-state index is 0.425. The van der Waals surface area contributed by atoms with Crippen molar-refractivity contribution in [3.05, 3.63) is 0 Å². The van der Waals surface area contributed by atoms with Crippen LogP contribution in [0.4, 0.5) is 0 Å². The van der Waals surface area contributed by atoms with Crippen LogP contribution < -0.4 is 0 Å². The highest BCUT2D eigenvalue weighted by atomic mass is 16.5. The predicted octanol–water partition coefficient (Wildman–Crippen LogP) is 1.51. The molecule has 0 aromatic heterocycles. The second-order valence-electron chi connectivity index (χ2n) is 4.18. The summed E-state index contributed by atoms with van der Waals surface area (Å²) in [7, 11) is 0. The maximum Gasteiger partial charge on any atom is 0.0653 e. The molecule has 0 aromatic rings. The van der Waals surface area contributed by atoms with Crippen LogP contribution in [-0.4, -0.2) is 36.7 Å². The summed E-state index contributed by atoms with van der Waals surface area (Å²) in [6.07, 6.45) is 2.61. The summed E-state index contributed by atoms with van der Waals surface area (Å²) in [5, 5.41) is 0. The van der Waals surface area contributed by atoms with Crippen molar-refractivity contribution in [2.45, 2.75) is 32.2 Å². The Bertz CT molecular complexity index is 163. The van der Waals surface area contributed by atoms with E-state index < -0.39 is 0 Å². The highest BCUT2D eigenvalue weighted by molar-refractivity contribution is 5.02. The first-order valence-corrected chi connectivity index (χ1v) is 5.12. The molecule has 0 amide bonds. The van der Waals surface area contributed by atoms with Crippen LogP contribution >= 0.6 is 0 Å². The Labute approximate surface area is 74.9 Å². The molecular weight excluding hydrogens is 150 g/mol. The number of rotatable bonds is 1. The SMILES string of the molecule is CCN1CC[C@@H](C)C12CCOC2. The van der Waals surface area contributed by atoms with E-state index in [-0.39, 0.29) is 0 Å². The molecule has 70 valence electrons. The largest absolute Gasteiger partial charge is 0.379 e. The molecule has 0 aliphatic carbocycles. The number of likely N-dealkylation sites (tertiary alicyclic amines) is 1. The summed E-state index contributed by atoms with van der Waals surface area (Å²) in [5.74, 6) is 0.833. The van der Waals surface area contributed by atoms with E-state index in [4.69, 9.17) is 4.74 Å². The van der Waals surface area contributed by atoms with Crippen LogP contribution in [0.5, 0.6) is 0 Å². The second kappa shape index (κ2) is 3.00. The normalized spacial score (nSPS) is 43.0. The van der Waals surface area contributed by atoms with E-state index in [0.717, 1.165) is 19.1 Å². The fourth-order valence-electron chi connectivity index (χ4n) is 2.83. The number of hydrogen-bond donors (Lipinski definition) is 0. The molecule has 2 rings (SSSR count). The van der Waals surface area contributed by atoms with Gasteiger partial charge in [-0.2, -0.15) is 0 Å². The number of ether oxygens (including phenoxy) is 1. The average molecular weight is 169 g/mol. The summed E-state index contributed by atoms with van der Waals surface area (Å²) in [5.41, 5.74) is 0.425. The Morgan fingerprint density at radius 2 is 2.42 bits per heavy atom. The minimum Gasteiger partial charge on any atom is -0.379 e. The summed E-state index contributed by atoms with van der Waals surface area (Å²) in [4.78, 5) is 2.62. The fourth-order valence-corrected chi connectivity index (χ4v) is 2.83. The second-order valence-corrected chi connectivity index (χ2v) is 4.18. The molecule has 0 aromatic carbocycles. The van der Waals surface area contributed by atoms with E-state index in [2.05, 4.69) is 18.7 Å². The predicted molar refractivity (Wildman–Crippen MR) is 49.2 cm³/mol. The summed E-state index contributed by atoms with van der Waals surface area (Å²) in [6, 6.07) is 0. The van der Waals surface area contributed by atoms with Crippen molar-refractivity contribution in [3.63, 3.8) is 0 Å². The molecule has 2 atom stereocenters. The van der Waals surface area contributed by atoms with Gasteiger partial charge in [0, 0.05) is 12.1 Å². The molecule has 0 N–H and O–H groups in total. The molecule has 2 heterocycles. The first-order valence-electron chi connectivity index (χ1n) is 5.12. The molecule has 12 heavy (non-hydrogen) atoms. The van der Waals surface area contributed by atoms with Crippen molar-refractivity contribution < 1.29 is 4.74 Å². The van der Waals surface area contributed by atoms with Crippen LogP contribution in [0.3, 0.4) is 0 Å². The van der Waals surface area contributed by atoms with E-state index in [0.29, 0.717) is 5.54 Å². The van der Waals surface area contributed by atoms with Crippen molar-refractivity contribution in [3.8, 4) is 0 Å². The van der Waals surface area contributed by atoms with Crippen molar-refractivity contribution in [2.75, 3.05) is 26.3 Å².